The Hall–Kier alpha value is -1.97. The Labute approximate surface area is 121 Å². The van der Waals surface area contributed by atoms with Crippen molar-refractivity contribution in [2.24, 2.45) is 0 Å². The molecule has 1 nitrogen and oxygen atoms in total. The molecule has 0 fully saturated rings. The van der Waals surface area contributed by atoms with Crippen LogP contribution in [0.3, 0.4) is 0 Å². The van der Waals surface area contributed by atoms with Gasteiger partial charge in [-0.05, 0) is 28.5 Å². The molecule has 0 aliphatic carbocycles. The Morgan fingerprint density at radius 2 is 2.00 bits per heavy atom. The summed E-state index contributed by atoms with van der Waals surface area (Å²) < 4.78 is 39.4. The molecule has 110 valence electrons. The first-order valence-electron chi connectivity index (χ1n) is 6.92. The lowest BCUT2D eigenvalue weighted by atomic mass is 9.94. The molecule has 21 heavy (non-hydrogen) atoms. The molecule has 0 spiro atoms. The zero-order valence-corrected chi connectivity index (χ0v) is 11.7. The third-order valence-electron chi connectivity index (χ3n) is 4.06. The van der Waals surface area contributed by atoms with Gasteiger partial charge in [-0.1, -0.05) is 31.2 Å². The highest BCUT2D eigenvalue weighted by atomic mass is 19.4. The van der Waals surface area contributed by atoms with Gasteiger partial charge < -0.3 is 4.90 Å². The summed E-state index contributed by atoms with van der Waals surface area (Å²) in [6.45, 7) is 7.32. The number of halogens is 3. The topological polar surface area (TPSA) is 3.24 Å². The third kappa shape index (κ3) is 2.19. The number of hydrogen-bond acceptors (Lipinski definition) is 1. The van der Waals surface area contributed by atoms with Crippen LogP contribution in [0.25, 0.3) is 10.8 Å². The van der Waals surface area contributed by atoms with Gasteiger partial charge in [-0.15, -0.1) is 6.58 Å². The zero-order chi connectivity index (χ0) is 15.2. The molecule has 3 rings (SSSR count). The van der Waals surface area contributed by atoms with Crippen LogP contribution < -0.4 is 4.90 Å². The van der Waals surface area contributed by atoms with E-state index in [1.54, 1.807) is 18.2 Å². The normalized spacial score (nSPS) is 18.1. The Balaban J connectivity index is 2.26. The van der Waals surface area contributed by atoms with Gasteiger partial charge in [0.2, 0.25) is 0 Å². The molecule has 0 saturated carbocycles. The van der Waals surface area contributed by atoms with Crippen molar-refractivity contribution in [1.82, 2.24) is 0 Å². The van der Waals surface area contributed by atoms with Gasteiger partial charge in [0.25, 0.3) is 0 Å². The minimum atomic E-state index is -4.32. The van der Waals surface area contributed by atoms with E-state index in [9.17, 15) is 13.2 Å². The van der Waals surface area contributed by atoms with Crippen molar-refractivity contribution in [2.75, 3.05) is 18.0 Å². The molecule has 0 amide bonds. The first-order valence-corrected chi connectivity index (χ1v) is 6.92. The summed E-state index contributed by atoms with van der Waals surface area (Å²) in [7, 11) is 0. The van der Waals surface area contributed by atoms with Crippen molar-refractivity contribution in [1.29, 1.82) is 0 Å². The average Bonchev–Trinajstić information content (AvgIpc) is 2.74. The van der Waals surface area contributed by atoms with E-state index in [0.717, 1.165) is 23.9 Å². The molecule has 1 atom stereocenters. The number of fused-ring (bicyclic) bond motifs is 3. The zero-order valence-electron chi connectivity index (χ0n) is 11.7. The van der Waals surface area contributed by atoms with Crippen LogP contribution in [-0.4, -0.2) is 13.1 Å². The maximum absolute atomic E-state index is 13.1. The molecule has 2 aromatic carbocycles. The van der Waals surface area contributed by atoms with Crippen molar-refractivity contribution < 1.29 is 13.2 Å². The first-order chi connectivity index (χ1) is 9.93. The maximum atomic E-state index is 13.1. The fourth-order valence-electron chi connectivity index (χ4n) is 3.26. The summed E-state index contributed by atoms with van der Waals surface area (Å²) >= 11 is 0. The lowest BCUT2D eigenvalue weighted by Crippen LogP contribution is -2.20. The van der Waals surface area contributed by atoms with E-state index < -0.39 is 11.7 Å². The molecular weight excluding hydrogens is 275 g/mol. The van der Waals surface area contributed by atoms with Gasteiger partial charge in [0.05, 0.1) is 5.56 Å². The van der Waals surface area contributed by atoms with Crippen molar-refractivity contribution in [3.8, 4) is 0 Å². The van der Waals surface area contributed by atoms with Gasteiger partial charge in [0.15, 0.2) is 0 Å². The second kappa shape index (κ2) is 4.79. The SMILES string of the molecule is C=CCN1CC(C)c2c1ccc1c(C(F)(F)F)cccc21. The molecule has 4 heteroatoms. The van der Waals surface area contributed by atoms with Crippen LogP contribution in [0.5, 0.6) is 0 Å². The Bertz CT molecular complexity index is 703. The molecular formula is C17H16F3N. The van der Waals surface area contributed by atoms with Gasteiger partial charge in [0, 0.05) is 24.7 Å². The third-order valence-corrected chi connectivity index (χ3v) is 4.06. The van der Waals surface area contributed by atoms with E-state index in [-0.39, 0.29) is 11.3 Å². The molecule has 0 radical (unpaired) electrons. The molecule has 2 aromatic rings. The molecule has 1 aliphatic heterocycles. The first kappa shape index (κ1) is 14.0. The molecule has 1 heterocycles. The van der Waals surface area contributed by atoms with E-state index in [2.05, 4.69) is 18.4 Å². The lowest BCUT2D eigenvalue weighted by molar-refractivity contribution is -0.136. The highest BCUT2D eigenvalue weighted by Crippen LogP contribution is 2.43. The summed E-state index contributed by atoms with van der Waals surface area (Å²) in [6, 6.07) is 7.83. The highest BCUT2D eigenvalue weighted by molar-refractivity contribution is 5.94. The minimum Gasteiger partial charge on any atom is -0.367 e. The van der Waals surface area contributed by atoms with Gasteiger partial charge in [-0.25, -0.2) is 0 Å². The van der Waals surface area contributed by atoms with Gasteiger partial charge in [0.1, 0.15) is 0 Å². The number of anilines is 1. The van der Waals surface area contributed by atoms with Gasteiger partial charge >= 0.3 is 6.18 Å². The van der Waals surface area contributed by atoms with E-state index in [1.807, 2.05) is 6.08 Å². The molecule has 1 unspecified atom stereocenters. The van der Waals surface area contributed by atoms with Crippen LogP contribution in [0.2, 0.25) is 0 Å². The predicted molar refractivity (Wildman–Crippen MR) is 79.8 cm³/mol. The minimum absolute atomic E-state index is 0.215. The largest absolute Gasteiger partial charge is 0.417 e. The smallest absolute Gasteiger partial charge is 0.367 e. The van der Waals surface area contributed by atoms with Crippen LogP contribution in [0, 0.1) is 0 Å². The number of alkyl halides is 3. The number of benzene rings is 2. The monoisotopic (exact) mass is 291 g/mol. The Kier molecular flexibility index (Phi) is 3.19. The van der Waals surface area contributed by atoms with E-state index in [0.29, 0.717) is 11.9 Å². The van der Waals surface area contributed by atoms with Gasteiger partial charge in [-0.3, -0.25) is 0 Å². The fourth-order valence-corrected chi connectivity index (χ4v) is 3.26. The van der Waals surface area contributed by atoms with Crippen LogP contribution in [-0.2, 0) is 6.18 Å². The molecule has 0 bridgehead atoms. The summed E-state index contributed by atoms with van der Waals surface area (Å²) in [5, 5.41) is 0.998. The number of rotatable bonds is 2. The second-order valence-electron chi connectivity index (χ2n) is 5.49. The fraction of sp³-hybridized carbons (Fsp3) is 0.294. The van der Waals surface area contributed by atoms with Crippen molar-refractivity contribution >= 4 is 16.5 Å². The van der Waals surface area contributed by atoms with Crippen molar-refractivity contribution in [3.05, 3.63) is 54.1 Å². The summed E-state index contributed by atoms with van der Waals surface area (Å²) in [4.78, 5) is 2.16. The van der Waals surface area contributed by atoms with Crippen LogP contribution in [0.1, 0.15) is 24.0 Å². The maximum Gasteiger partial charge on any atom is 0.417 e. The van der Waals surface area contributed by atoms with E-state index >= 15 is 0 Å². The summed E-state index contributed by atoms with van der Waals surface area (Å²) in [5.74, 6) is 0.215. The molecule has 0 N–H and O–H groups in total. The number of nitrogens with zero attached hydrogens (tertiary/aromatic N) is 1. The second-order valence-corrected chi connectivity index (χ2v) is 5.49. The lowest BCUT2D eigenvalue weighted by Gasteiger charge is -2.18. The van der Waals surface area contributed by atoms with Crippen LogP contribution in [0.15, 0.2) is 43.0 Å². The Morgan fingerprint density at radius 3 is 2.67 bits per heavy atom. The molecule has 0 saturated heterocycles. The van der Waals surface area contributed by atoms with Crippen LogP contribution >= 0.6 is 0 Å². The predicted octanol–water partition coefficient (Wildman–Crippen LogP) is 4.97. The number of hydrogen-bond donors (Lipinski definition) is 0. The summed E-state index contributed by atoms with van der Waals surface area (Å²) in [6.07, 6.45) is -2.51. The average molecular weight is 291 g/mol. The Morgan fingerprint density at radius 1 is 1.24 bits per heavy atom. The van der Waals surface area contributed by atoms with Gasteiger partial charge in [-0.2, -0.15) is 13.2 Å². The highest BCUT2D eigenvalue weighted by Gasteiger charge is 2.34. The molecule has 0 aromatic heterocycles. The standard InChI is InChI=1S/C17H16F3N/c1-3-9-21-10-11(2)16-13-5-4-6-14(17(18,19)20)12(13)7-8-15(16)21/h3-8,11H,1,9-10H2,2H3. The quantitative estimate of drug-likeness (QED) is 0.706. The molecule has 1 aliphatic rings. The van der Waals surface area contributed by atoms with Crippen molar-refractivity contribution in [3.63, 3.8) is 0 Å². The summed E-state index contributed by atoms with van der Waals surface area (Å²) in [5.41, 5.74) is 1.48. The van der Waals surface area contributed by atoms with Crippen molar-refractivity contribution in [2.45, 2.75) is 19.0 Å². The van der Waals surface area contributed by atoms with E-state index in [4.69, 9.17) is 0 Å². The van der Waals surface area contributed by atoms with Crippen LogP contribution in [0.4, 0.5) is 18.9 Å². The van der Waals surface area contributed by atoms with E-state index in [1.165, 1.54) is 6.07 Å².